The highest BCUT2D eigenvalue weighted by Gasteiger charge is 2.35. The van der Waals surface area contributed by atoms with Crippen LogP contribution in [0.25, 0.3) is 0 Å². The molecule has 0 saturated carbocycles. The minimum atomic E-state index is -3.42. The number of imide groups is 1. The van der Waals surface area contributed by atoms with Crippen LogP contribution in [0.3, 0.4) is 0 Å². The predicted octanol–water partition coefficient (Wildman–Crippen LogP) is 1.69. The van der Waals surface area contributed by atoms with E-state index in [0.29, 0.717) is 30.1 Å². The number of amides is 3. The summed E-state index contributed by atoms with van der Waals surface area (Å²) in [5.74, 6) is 0.143. The molecule has 3 amide bonds. The normalized spacial score (nSPS) is 22.7. The molecular formula is C18H25N3O4S. The first kappa shape index (κ1) is 18.8. The molecule has 2 fully saturated rings. The Kier molecular flexibility index (Phi) is 5.34. The van der Waals surface area contributed by atoms with Crippen molar-refractivity contribution in [3.63, 3.8) is 0 Å². The number of urea groups is 1. The van der Waals surface area contributed by atoms with Crippen LogP contribution in [0.15, 0.2) is 24.3 Å². The Morgan fingerprint density at radius 2 is 1.69 bits per heavy atom. The highest BCUT2D eigenvalue weighted by Crippen LogP contribution is 2.23. The molecule has 2 heterocycles. The van der Waals surface area contributed by atoms with Gasteiger partial charge in [0.1, 0.15) is 6.04 Å². The second kappa shape index (κ2) is 7.36. The average Bonchev–Trinajstić information content (AvgIpc) is 2.83. The molecule has 142 valence electrons. The number of benzene rings is 1. The summed E-state index contributed by atoms with van der Waals surface area (Å²) < 4.78 is 27.2. The minimum Gasteiger partial charge on any atom is -0.326 e. The van der Waals surface area contributed by atoms with E-state index in [-0.39, 0.29) is 18.2 Å². The summed E-state index contributed by atoms with van der Waals surface area (Å²) in [6.07, 6.45) is 1.75. The number of piperidine rings is 1. The SMILES string of the molecule is CC1CCN(S(=O)(=O)Cc2ccccc2CN2C(=O)N[C@H](C)C2=O)CC1. The fourth-order valence-corrected chi connectivity index (χ4v) is 5.01. The summed E-state index contributed by atoms with van der Waals surface area (Å²) in [4.78, 5) is 25.2. The number of nitrogens with one attached hydrogen (secondary N) is 1. The third-order valence-corrected chi connectivity index (χ3v) is 6.97. The predicted molar refractivity (Wildman–Crippen MR) is 97.6 cm³/mol. The first-order valence-electron chi connectivity index (χ1n) is 8.94. The number of sulfonamides is 1. The fourth-order valence-electron chi connectivity index (χ4n) is 3.38. The topological polar surface area (TPSA) is 86.8 Å². The number of hydrogen-bond acceptors (Lipinski definition) is 4. The Hall–Kier alpha value is -1.93. The van der Waals surface area contributed by atoms with Crippen LogP contribution in [0, 0.1) is 5.92 Å². The molecular weight excluding hydrogens is 354 g/mol. The van der Waals surface area contributed by atoms with Crippen LogP contribution in [-0.2, 0) is 27.1 Å². The molecule has 1 aromatic rings. The van der Waals surface area contributed by atoms with Crippen LogP contribution >= 0.6 is 0 Å². The molecule has 0 radical (unpaired) electrons. The summed E-state index contributed by atoms with van der Waals surface area (Å²) in [5.41, 5.74) is 1.31. The van der Waals surface area contributed by atoms with Gasteiger partial charge in [-0.3, -0.25) is 9.69 Å². The summed E-state index contributed by atoms with van der Waals surface area (Å²) in [6.45, 7) is 4.95. The first-order valence-corrected chi connectivity index (χ1v) is 10.6. The van der Waals surface area contributed by atoms with Crippen molar-refractivity contribution in [1.29, 1.82) is 0 Å². The van der Waals surface area contributed by atoms with Crippen molar-refractivity contribution >= 4 is 22.0 Å². The fraction of sp³-hybridized carbons (Fsp3) is 0.556. The van der Waals surface area contributed by atoms with E-state index >= 15 is 0 Å². The molecule has 0 aliphatic carbocycles. The van der Waals surface area contributed by atoms with Gasteiger partial charge in [-0.05, 0) is 36.8 Å². The molecule has 2 aliphatic rings. The lowest BCUT2D eigenvalue weighted by molar-refractivity contribution is -0.127. The van der Waals surface area contributed by atoms with Crippen molar-refractivity contribution < 1.29 is 18.0 Å². The largest absolute Gasteiger partial charge is 0.326 e. The van der Waals surface area contributed by atoms with Crippen LogP contribution in [-0.4, -0.2) is 48.7 Å². The van der Waals surface area contributed by atoms with Gasteiger partial charge in [0.2, 0.25) is 10.0 Å². The molecule has 0 aromatic heterocycles. The zero-order valence-electron chi connectivity index (χ0n) is 15.1. The standard InChI is InChI=1S/C18H25N3O4S/c1-13-7-9-20(10-8-13)26(24,25)12-16-6-4-3-5-15(16)11-21-17(22)14(2)19-18(21)23/h3-6,13-14H,7-12H2,1-2H3,(H,19,23)/t14-/m1/s1. The van der Waals surface area contributed by atoms with Crippen molar-refractivity contribution in [1.82, 2.24) is 14.5 Å². The maximum atomic E-state index is 12.8. The van der Waals surface area contributed by atoms with Gasteiger partial charge in [-0.2, -0.15) is 0 Å². The third kappa shape index (κ3) is 3.91. The lowest BCUT2D eigenvalue weighted by Gasteiger charge is -2.29. The van der Waals surface area contributed by atoms with Gasteiger partial charge in [0.15, 0.2) is 0 Å². The van der Waals surface area contributed by atoms with E-state index in [1.165, 1.54) is 0 Å². The van der Waals surface area contributed by atoms with Crippen LogP contribution in [0.1, 0.15) is 37.8 Å². The van der Waals surface area contributed by atoms with E-state index in [1.807, 2.05) is 0 Å². The average molecular weight is 379 g/mol. The highest BCUT2D eigenvalue weighted by molar-refractivity contribution is 7.88. The smallest absolute Gasteiger partial charge is 0.325 e. The van der Waals surface area contributed by atoms with E-state index in [4.69, 9.17) is 0 Å². The van der Waals surface area contributed by atoms with Crippen molar-refractivity contribution in [3.8, 4) is 0 Å². The quantitative estimate of drug-likeness (QED) is 0.789. The molecule has 0 unspecified atom stereocenters. The Balaban J connectivity index is 1.77. The molecule has 26 heavy (non-hydrogen) atoms. The summed E-state index contributed by atoms with van der Waals surface area (Å²) in [5, 5.41) is 2.57. The summed E-state index contributed by atoms with van der Waals surface area (Å²) in [7, 11) is -3.42. The molecule has 1 atom stereocenters. The summed E-state index contributed by atoms with van der Waals surface area (Å²) >= 11 is 0. The first-order chi connectivity index (χ1) is 12.3. The van der Waals surface area contributed by atoms with Gasteiger partial charge >= 0.3 is 6.03 Å². The third-order valence-electron chi connectivity index (χ3n) is 5.14. The molecule has 0 spiro atoms. The van der Waals surface area contributed by atoms with E-state index in [0.717, 1.165) is 17.7 Å². The molecule has 2 aliphatic heterocycles. The van der Waals surface area contributed by atoms with Crippen molar-refractivity contribution in [2.45, 2.75) is 45.0 Å². The minimum absolute atomic E-state index is 0.0811. The van der Waals surface area contributed by atoms with Gasteiger partial charge in [-0.25, -0.2) is 17.5 Å². The second-order valence-electron chi connectivity index (χ2n) is 7.20. The van der Waals surface area contributed by atoms with Crippen LogP contribution in [0.2, 0.25) is 0 Å². The highest BCUT2D eigenvalue weighted by atomic mass is 32.2. The van der Waals surface area contributed by atoms with Gasteiger partial charge in [-0.15, -0.1) is 0 Å². The molecule has 2 saturated heterocycles. The lowest BCUT2D eigenvalue weighted by Crippen LogP contribution is -2.38. The monoisotopic (exact) mass is 379 g/mol. The Labute approximate surface area is 154 Å². The Morgan fingerprint density at radius 3 is 2.27 bits per heavy atom. The van der Waals surface area contributed by atoms with E-state index in [1.54, 1.807) is 35.5 Å². The zero-order valence-corrected chi connectivity index (χ0v) is 16.0. The number of rotatable bonds is 5. The number of hydrogen-bond donors (Lipinski definition) is 1. The van der Waals surface area contributed by atoms with Gasteiger partial charge in [0.05, 0.1) is 12.3 Å². The number of nitrogens with zero attached hydrogens (tertiary/aromatic N) is 2. The van der Waals surface area contributed by atoms with Crippen molar-refractivity contribution in [2.75, 3.05) is 13.1 Å². The molecule has 1 aromatic carbocycles. The van der Waals surface area contributed by atoms with Crippen LogP contribution < -0.4 is 5.32 Å². The number of carbonyl (C=O) groups is 2. The Bertz CT molecular complexity index is 800. The van der Waals surface area contributed by atoms with E-state index in [2.05, 4.69) is 12.2 Å². The van der Waals surface area contributed by atoms with Gasteiger partial charge in [-0.1, -0.05) is 31.2 Å². The summed E-state index contributed by atoms with van der Waals surface area (Å²) in [6, 6.07) is 6.10. The van der Waals surface area contributed by atoms with Crippen LogP contribution in [0.5, 0.6) is 0 Å². The van der Waals surface area contributed by atoms with Gasteiger partial charge < -0.3 is 5.32 Å². The van der Waals surface area contributed by atoms with Gasteiger partial charge in [0.25, 0.3) is 5.91 Å². The van der Waals surface area contributed by atoms with E-state index in [9.17, 15) is 18.0 Å². The molecule has 7 nitrogen and oxygen atoms in total. The molecule has 1 N–H and O–H groups in total. The second-order valence-corrected chi connectivity index (χ2v) is 9.17. The Morgan fingerprint density at radius 1 is 1.08 bits per heavy atom. The van der Waals surface area contributed by atoms with Crippen molar-refractivity contribution in [2.24, 2.45) is 5.92 Å². The maximum Gasteiger partial charge on any atom is 0.325 e. The van der Waals surface area contributed by atoms with E-state index < -0.39 is 22.1 Å². The lowest BCUT2D eigenvalue weighted by atomic mass is 10.0. The van der Waals surface area contributed by atoms with Crippen LogP contribution in [0.4, 0.5) is 4.79 Å². The molecule has 8 heteroatoms. The number of carbonyl (C=O) groups excluding carboxylic acids is 2. The van der Waals surface area contributed by atoms with Crippen molar-refractivity contribution in [3.05, 3.63) is 35.4 Å². The van der Waals surface area contributed by atoms with Gasteiger partial charge in [0, 0.05) is 13.1 Å². The maximum absolute atomic E-state index is 12.8. The molecule has 3 rings (SSSR count). The molecule has 0 bridgehead atoms. The zero-order chi connectivity index (χ0) is 18.9.